The van der Waals surface area contributed by atoms with E-state index in [0.29, 0.717) is 12.2 Å². The topological polar surface area (TPSA) is 51.5 Å². The highest BCUT2D eigenvalue weighted by Crippen LogP contribution is 2.19. The van der Waals surface area contributed by atoms with Gasteiger partial charge in [-0.15, -0.1) is 0 Å². The Morgan fingerprint density at radius 1 is 1.44 bits per heavy atom. The van der Waals surface area contributed by atoms with Crippen LogP contribution in [0.2, 0.25) is 0 Å². The Morgan fingerprint density at radius 3 is 2.94 bits per heavy atom. The first-order valence-corrected chi connectivity index (χ1v) is 5.33. The van der Waals surface area contributed by atoms with E-state index in [-0.39, 0.29) is 5.56 Å². The van der Waals surface area contributed by atoms with E-state index in [1.807, 2.05) is 0 Å². The zero-order valence-electron chi connectivity index (χ0n) is 9.77. The van der Waals surface area contributed by atoms with Crippen LogP contribution < -0.4 is 5.32 Å². The molecule has 4 nitrogen and oxygen atoms in total. The third-order valence-corrected chi connectivity index (χ3v) is 2.45. The van der Waals surface area contributed by atoms with E-state index >= 15 is 0 Å². The third-order valence-electron chi connectivity index (χ3n) is 2.45. The lowest BCUT2D eigenvalue weighted by atomic mass is 10.1. The molecule has 1 aromatic carbocycles. The molecule has 0 aliphatic heterocycles. The number of benzene rings is 1. The van der Waals surface area contributed by atoms with Gasteiger partial charge in [0.15, 0.2) is 0 Å². The van der Waals surface area contributed by atoms with Gasteiger partial charge in [-0.1, -0.05) is 0 Å². The molecule has 0 bridgehead atoms. The van der Waals surface area contributed by atoms with E-state index in [2.05, 4.69) is 10.1 Å². The van der Waals surface area contributed by atoms with Crippen molar-refractivity contribution in [2.24, 2.45) is 0 Å². The van der Waals surface area contributed by atoms with Crippen molar-refractivity contribution in [3.05, 3.63) is 53.7 Å². The molecule has 0 aliphatic rings. The molecular formula is C13H12FNO3. The summed E-state index contributed by atoms with van der Waals surface area (Å²) in [7, 11) is 1.26. The highest BCUT2D eigenvalue weighted by molar-refractivity contribution is 5.95. The first-order valence-electron chi connectivity index (χ1n) is 5.33. The number of rotatable bonds is 4. The summed E-state index contributed by atoms with van der Waals surface area (Å²) in [6, 6.07) is 5.73. The molecule has 0 fully saturated rings. The summed E-state index contributed by atoms with van der Waals surface area (Å²) in [5.41, 5.74) is 1.61. The minimum absolute atomic E-state index is 0.168. The van der Waals surface area contributed by atoms with Crippen molar-refractivity contribution < 1.29 is 18.3 Å². The second-order valence-corrected chi connectivity index (χ2v) is 3.67. The molecule has 0 radical (unpaired) electrons. The number of methoxy groups -OCH3 is 1. The van der Waals surface area contributed by atoms with Crippen LogP contribution in [0.25, 0.3) is 0 Å². The maximum absolute atomic E-state index is 13.1. The van der Waals surface area contributed by atoms with Gasteiger partial charge >= 0.3 is 5.97 Å². The number of carbonyl (C=O) groups is 1. The Morgan fingerprint density at radius 2 is 2.28 bits per heavy atom. The minimum atomic E-state index is -0.579. The predicted molar refractivity (Wildman–Crippen MR) is 63.8 cm³/mol. The summed E-state index contributed by atoms with van der Waals surface area (Å²) < 4.78 is 22.6. The molecule has 18 heavy (non-hydrogen) atoms. The SMILES string of the molecule is COC(=O)c1cc(F)ccc1NCc1ccoc1. The number of hydrogen-bond donors (Lipinski definition) is 1. The number of anilines is 1. The van der Waals surface area contributed by atoms with Crippen LogP contribution in [0.4, 0.5) is 10.1 Å². The molecule has 0 saturated heterocycles. The van der Waals surface area contributed by atoms with Crippen LogP contribution in [0.3, 0.4) is 0 Å². The van der Waals surface area contributed by atoms with Crippen molar-refractivity contribution in [3.63, 3.8) is 0 Å². The highest BCUT2D eigenvalue weighted by atomic mass is 19.1. The maximum Gasteiger partial charge on any atom is 0.340 e. The van der Waals surface area contributed by atoms with E-state index in [4.69, 9.17) is 4.42 Å². The summed E-state index contributed by atoms with van der Waals surface area (Å²) in [4.78, 5) is 11.5. The minimum Gasteiger partial charge on any atom is -0.472 e. The smallest absolute Gasteiger partial charge is 0.340 e. The second-order valence-electron chi connectivity index (χ2n) is 3.67. The van der Waals surface area contributed by atoms with Gasteiger partial charge in [0.25, 0.3) is 0 Å². The summed E-state index contributed by atoms with van der Waals surface area (Å²) in [6.45, 7) is 0.478. The fourth-order valence-corrected chi connectivity index (χ4v) is 1.54. The molecule has 5 heteroatoms. The molecule has 0 atom stereocenters. The fraction of sp³-hybridized carbons (Fsp3) is 0.154. The molecule has 2 aromatic rings. The molecule has 0 amide bonds. The number of esters is 1. The molecule has 94 valence electrons. The second kappa shape index (κ2) is 5.35. The van der Waals surface area contributed by atoms with Crippen molar-refractivity contribution in [1.29, 1.82) is 0 Å². The molecule has 0 saturated carbocycles. The van der Waals surface area contributed by atoms with Crippen LogP contribution in [0, 0.1) is 5.82 Å². The van der Waals surface area contributed by atoms with Crippen molar-refractivity contribution in [2.75, 3.05) is 12.4 Å². The van der Waals surface area contributed by atoms with Crippen molar-refractivity contribution in [2.45, 2.75) is 6.54 Å². The average molecular weight is 249 g/mol. The molecule has 0 aliphatic carbocycles. The standard InChI is InChI=1S/C13H12FNO3/c1-17-13(16)11-6-10(14)2-3-12(11)15-7-9-4-5-18-8-9/h2-6,8,15H,7H2,1H3. The van der Waals surface area contributed by atoms with E-state index in [1.54, 1.807) is 18.6 Å². The van der Waals surface area contributed by atoms with Crippen LogP contribution in [-0.2, 0) is 11.3 Å². The van der Waals surface area contributed by atoms with Gasteiger partial charge in [-0.05, 0) is 24.3 Å². The number of carbonyl (C=O) groups excluding carboxylic acids is 1. The number of nitrogens with one attached hydrogen (secondary N) is 1. The van der Waals surface area contributed by atoms with Gasteiger partial charge < -0.3 is 14.5 Å². The molecular weight excluding hydrogens is 237 g/mol. The Balaban J connectivity index is 2.18. The number of furan rings is 1. The molecule has 1 aromatic heterocycles. The summed E-state index contributed by atoms with van der Waals surface area (Å²) in [5.74, 6) is -1.06. The first kappa shape index (κ1) is 12.2. The first-order chi connectivity index (χ1) is 8.70. The average Bonchev–Trinajstić information content (AvgIpc) is 2.89. The van der Waals surface area contributed by atoms with E-state index in [9.17, 15) is 9.18 Å². The quantitative estimate of drug-likeness (QED) is 0.846. The largest absolute Gasteiger partial charge is 0.472 e. The van der Waals surface area contributed by atoms with Crippen LogP contribution in [0.5, 0.6) is 0 Å². The lowest BCUT2D eigenvalue weighted by molar-refractivity contribution is 0.0601. The van der Waals surface area contributed by atoms with Crippen LogP contribution in [0.15, 0.2) is 41.2 Å². The van der Waals surface area contributed by atoms with Crippen LogP contribution in [-0.4, -0.2) is 13.1 Å². The van der Waals surface area contributed by atoms with E-state index in [1.165, 1.54) is 19.2 Å². The number of ether oxygens (including phenoxy) is 1. The zero-order chi connectivity index (χ0) is 13.0. The van der Waals surface area contributed by atoms with Gasteiger partial charge in [-0.25, -0.2) is 9.18 Å². The van der Waals surface area contributed by atoms with Gasteiger partial charge in [0.1, 0.15) is 5.82 Å². The van der Waals surface area contributed by atoms with Gasteiger partial charge in [0.05, 0.1) is 25.2 Å². The highest BCUT2D eigenvalue weighted by Gasteiger charge is 2.12. The molecule has 1 N–H and O–H groups in total. The van der Waals surface area contributed by atoms with Crippen molar-refractivity contribution in [3.8, 4) is 0 Å². The predicted octanol–water partition coefficient (Wildman–Crippen LogP) is 2.82. The fourth-order valence-electron chi connectivity index (χ4n) is 1.54. The van der Waals surface area contributed by atoms with Gasteiger partial charge in [0.2, 0.25) is 0 Å². The monoisotopic (exact) mass is 249 g/mol. The molecule has 0 unspecified atom stereocenters. The Hall–Kier alpha value is -2.30. The van der Waals surface area contributed by atoms with E-state index < -0.39 is 11.8 Å². The van der Waals surface area contributed by atoms with Gasteiger partial charge in [0, 0.05) is 17.8 Å². The zero-order valence-corrected chi connectivity index (χ0v) is 9.77. The van der Waals surface area contributed by atoms with Crippen LogP contribution in [0.1, 0.15) is 15.9 Å². The summed E-state index contributed by atoms with van der Waals surface area (Å²) in [5, 5.41) is 3.03. The van der Waals surface area contributed by atoms with Gasteiger partial charge in [-0.3, -0.25) is 0 Å². The van der Waals surface area contributed by atoms with Gasteiger partial charge in [-0.2, -0.15) is 0 Å². The van der Waals surface area contributed by atoms with Crippen molar-refractivity contribution in [1.82, 2.24) is 0 Å². The lowest BCUT2D eigenvalue weighted by Crippen LogP contribution is -2.08. The lowest BCUT2D eigenvalue weighted by Gasteiger charge is -2.09. The van der Waals surface area contributed by atoms with Crippen LogP contribution >= 0.6 is 0 Å². The Bertz CT molecular complexity index is 537. The number of hydrogen-bond acceptors (Lipinski definition) is 4. The summed E-state index contributed by atoms with van der Waals surface area (Å²) >= 11 is 0. The molecule has 1 heterocycles. The summed E-state index contributed by atoms with van der Waals surface area (Å²) in [6.07, 6.45) is 3.15. The van der Waals surface area contributed by atoms with E-state index in [0.717, 1.165) is 11.6 Å². The molecule has 0 spiro atoms. The molecule has 2 rings (SSSR count). The Labute approximate surface area is 103 Å². The normalized spacial score (nSPS) is 10.1. The number of halogens is 1. The Kier molecular flexibility index (Phi) is 3.62. The maximum atomic E-state index is 13.1. The van der Waals surface area contributed by atoms with Crippen molar-refractivity contribution >= 4 is 11.7 Å². The third kappa shape index (κ3) is 2.68.